The number of fused-ring (bicyclic) bond motifs is 1. The molecule has 0 fully saturated rings. The zero-order valence-electron chi connectivity index (χ0n) is 12.5. The van der Waals surface area contributed by atoms with E-state index in [1.165, 1.54) is 5.56 Å². The van der Waals surface area contributed by atoms with Gasteiger partial charge in [0.1, 0.15) is 5.52 Å². The summed E-state index contributed by atoms with van der Waals surface area (Å²) in [7, 11) is 0. The van der Waals surface area contributed by atoms with Gasteiger partial charge in [0.05, 0.1) is 0 Å². The Hall–Kier alpha value is -2.49. The van der Waals surface area contributed by atoms with E-state index < -0.39 is 0 Å². The van der Waals surface area contributed by atoms with Crippen LogP contribution in [0.4, 0.5) is 17.4 Å². The number of hydrogen-bond donors (Lipinski definition) is 2. The van der Waals surface area contributed by atoms with E-state index in [4.69, 9.17) is 10.2 Å². The number of anilines is 3. The zero-order valence-corrected chi connectivity index (χ0v) is 12.5. The Balaban J connectivity index is 1.84. The Morgan fingerprint density at radius 1 is 1.05 bits per heavy atom. The second-order valence-electron chi connectivity index (χ2n) is 6.20. The number of nitrogens with zero attached hydrogens (tertiary/aromatic N) is 1. The van der Waals surface area contributed by atoms with Crippen molar-refractivity contribution in [3.8, 4) is 0 Å². The highest BCUT2D eigenvalue weighted by Gasteiger charge is 2.13. The molecule has 0 saturated heterocycles. The minimum atomic E-state index is 0.146. The average Bonchev–Trinajstić information content (AvgIpc) is 2.79. The molecule has 1 heterocycles. The molecule has 0 radical (unpaired) electrons. The number of nitrogens with one attached hydrogen (secondary N) is 1. The maximum absolute atomic E-state index is 5.73. The molecule has 0 spiro atoms. The van der Waals surface area contributed by atoms with Crippen LogP contribution in [0.15, 0.2) is 46.9 Å². The third-order valence-corrected chi connectivity index (χ3v) is 3.41. The van der Waals surface area contributed by atoms with Crippen molar-refractivity contribution in [2.24, 2.45) is 0 Å². The molecule has 0 saturated carbocycles. The lowest BCUT2D eigenvalue weighted by Crippen LogP contribution is -2.10. The topological polar surface area (TPSA) is 64.1 Å². The van der Waals surface area contributed by atoms with Gasteiger partial charge >= 0.3 is 0 Å². The number of rotatable bonds is 2. The van der Waals surface area contributed by atoms with Gasteiger partial charge in [-0.3, -0.25) is 0 Å². The van der Waals surface area contributed by atoms with Gasteiger partial charge in [-0.05, 0) is 35.2 Å². The number of benzene rings is 2. The first kappa shape index (κ1) is 13.5. The fourth-order valence-corrected chi connectivity index (χ4v) is 2.17. The molecule has 3 N–H and O–H groups in total. The summed E-state index contributed by atoms with van der Waals surface area (Å²) in [4.78, 5) is 4.39. The molecular weight excluding hydrogens is 262 g/mol. The fraction of sp³-hybridized carbons (Fsp3) is 0.235. The van der Waals surface area contributed by atoms with Crippen molar-refractivity contribution >= 4 is 28.5 Å². The summed E-state index contributed by atoms with van der Waals surface area (Å²) in [5, 5.41) is 3.17. The third kappa shape index (κ3) is 2.84. The van der Waals surface area contributed by atoms with Crippen molar-refractivity contribution in [1.29, 1.82) is 0 Å². The van der Waals surface area contributed by atoms with Gasteiger partial charge in [-0.15, -0.1) is 0 Å². The summed E-state index contributed by atoms with van der Waals surface area (Å²) in [6, 6.07) is 14.2. The van der Waals surface area contributed by atoms with Gasteiger partial charge in [0.15, 0.2) is 5.58 Å². The molecule has 0 amide bonds. The van der Waals surface area contributed by atoms with Crippen molar-refractivity contribution in [3.63, 3.8) is 0 Å². The van der Waals surface area contributed by atoms with E-state index in [1.54, 1.807) is 6.07 Å². The van der Waals surface area contributed by atoms with Crippen LogP contribution in [0.2, 0.25) is 0 Å². The van der Waals surface area contributed by atoms with Crippen molar-refractivity contribution in [1.82, 2.24) is 4.98 Å². The highest BCUT2D eigenvalue weighted by atomic mass is 16.4. The molecule has 2 aromatic carbocycles. The summed E-state index contributed by atoms with van der Waals surface area (Å²) >= 11 is 0. The van der Waals surface area contributed by atoms with Crippen molar-refractivity contribution in [2.45, 2.75) is 26.2 Å². The van der Waals surface area contributed by atoms with Gasteiger partial charge in [0.2, 0.25) is 0 Å². The van der Waals surface area contributed by atoms with Crippen molar-refractivity contribution in [3.05, 3.63) is 48.0 Å². The average molecular weight is 281 g/mol. The second-order valence-corrected chi connectivity index (χ2v) is 6.20. The molecule has 4 heteroatoms. The molecule has 0 unspecified atom stereocenters. The highest BCUT2D eigenvalue weighted by molar-refractivity contribution is 5.78. The summed E-state index contributed by atoms with van der Waals surface area (Å²) in [6.45, 7) is 6.59. The van der Waals surface area contributed by atoms with E-state index in [1.807, 2.05) is 24.3 Å². The lowest BCUT2D eigenvalue weighted by Gasteiger charge is -2.19. The predicted octanol–water partition coefficient (Wildman–Crippen LogP) is 4.45. The van der Waals surface area contributed by atoms with Crippen LogP contribution in [0.5, 0.6) is 0 Å². The first-order chi connectivity index (χ1) is 9.91. The number of nitrogen functional groups attached to an aromatic ring is 1. The van der Waals surface area contributed by atoms with Crippen LogP contribution in [0, 0.1) is 0 Å². The molecule has 21 heavy (non-hydrogen) atoms. The Bertz CT molecular complexity index is 767. The molecule has 0 aliphatic carbocycles. The highest BCUT2D eigenvalue weighted by Crippen LogP contribution is 2.26. The van der Waals surface area contributed by atoms with Crippen LogP contribution in [0.1, 0.15) is 26.3 Å². The maximum Gasteiger partial charge on any atom is 0.300 e. The first-order valence-corrected chi connectivity index (χ1v) is 6.95. The van der Waals surface area contributed by atoms with E-state index in [-0.39, 0.29) is 5.41 Å². The summed E-state index contributed by atoms with van der Waals surface area (Å²) in [6.07, 6.45) is 0. The molecule has 3 aromatic rings. The Kier molecular flexibility index (Phi) is 3.09. The standard InChI is InChI=1S/C17H19N3O/c1-17(2,3)11-4-7-13(8-5-11)19-16-20-14-9-6-12(18)10-15(14)21-16/h4-10H,18H2,1-3H3,(H,19,20). The fourth-order valence-electron chi connectivity index (χ4n) is 2.17. The van der Waals surface area contributed by atoms with E-state index >= 15 is 0 Å². The molecule has 0 aliphatic heterocycles. The first-order valence-electron chi connectivity index (χ1n) is 6.95. The van der Waals surface area contributed by atoms with Gasteiger partial charge in [-0.1, -0.05) is 32.9 Å². The molecule has 0 aliphatic rings. The maximum atomic E-state index is 5.73. The van der Waals surface area contributed by atoms with Crippen molar-refractivity contribution in [2.75, 3.05) is 11.1 Å². The minimum Gasteiger partial charge on any atom is -0.423 e. The normalized spacial score (nSPS) is 11.8. The Morgan fingerprint density at radius 2 is 1.76 bits per heavy atom. The van der Waals surface area contributed by atoms with Crippen LogP contribution >= 0.6 is 0 Å². The molecule has 108 valence electrons. The molecule has 4 nitrogen and oxygen atoms in total. The van der Waals surface area contributed by atoms with Crippen LogP contribution in [0.3, 0.4) is 0 Å². The molecule has 1 aromatic heterocycles. The van der Waals surface area contributed by atoms with E-state index in [0.29, 0.717) is 17.3 Å². The molecular formula is C17H19N3O. The lowest BCUT2D eigenvalue weighted by molar-refractivity contribution is 0.590. The quantitative estimate of drug-likeness (QED) is 0.681. The monoisotopic (exact) mass is 281 g/mol. The van der Waals surface area contributed by atoms with Gasteiger partial charge < -0.3 is 15.5 Å². The number of nitrogens with two attached hydrogens (primary N) is 1. The van der Waals surface area contributed by atoms with Crippen molar-refractivity contribution < 1.29 is 4.42 Å². The number of aromatic nitrogens is 1. The Morgan fingerprint density at radius 3 is 2.43 bits per heavy atom. The molecule has 3 rings (SSSR count). The molecule has 0 atom stereocenters. The van der Waals surface area contributed by atoms with Crippen LogP contribution < -0.4 is 11.1 Å². The van der Waals surface area contributed by atoms with Crippen LogP contribution in [-0.2, 0) is 5.41 Å². The smallest absolute Gasteiger partial charge is 0.300 e. The van der Waals surface area contributed by atoms with E-state index in [0.717, 1.165) is 11.2 Å². The lowest BCUT2D eigenvalue weighted by atomic mass is 9.87. The van der Waals surface area contributed by atoms with Gasteiger partial charge in [0.25, 0.3) is 6.01 Å². The summed E-state index contributed by atoms with van der Waals surface area (Å²) < 4.78 is 5.65. The van der Waals surface area contributed by atoms with Crippen LogP contribution in [-0.4, -0.2) is 4.98 Å². The summed E-state index contributed by atoms with van der Waals surface area (Å²) in [5.41, 5.74) is 10.3. The largest absolute Gasteiger partial charge is 0.423 e. The number of hydrogen-bond acceptors (Lipinski definition) is 4. The Labute approximate surface area is 124 Å². The van der Waals surface area contributed by atoms with E-state index in [2.05, 4.69) is 43.2 Å². The summed E-state index contributed by atoms with van der Waals surface area (Å²) in [5.74, 6) is 0. The van der Waals surface area contributed by atoms with Gasteiger partial charge in [-0.2, -0.15) is 4.98 Å². The molecule has 0 bridgehead atoms. The minimum absolute atomic E-state index is 0.146. The van der Waals surface area contributed by atoms with Crippen LogP contribution in [0.25, 0.3) is 11.1 Å². The zero-order chi connectivity index (χ0) is 15.0. The third-order valence-electron chi connectivity index (χ3n) is 3.41. The van der Waals surface area contributed by atoms with E-state index in [9.17, 15) is 0 Å². The second kappa shape index (κ2) is 4.81. The van der Waals surface area contributed by atoms with Gasteiger partial charge in [-0.25, -0.2) is 0 Å². The SMILES string of the molecule is CC(C)(C)c1ccc(Nc2nc3ccc(N)cc3o2)cc1. The number of oxazole rings is 1. The van der Waals surface area contributed by atoms with Gasteiger partial charge in [0, 0.05) is 17.4 Å². The predicted molar refractivity (Wildman–Crippen MR) is 86.8 cm³/mol.